The van der Waals surface area contributed by atoms with Crippen LogP contribution < -0.4 is 0 Å². The average molecular weight is 263 g/mol. The maximum absolute atomic E-state index is 11.0. The smallest absolute Gasteiger partial charge is 0.207 e. The number of benzene rings is 1. The minimum atomic E-state index is -3.58. The van der Waals surface area contributed by atoms with Gasteiger partial charge in [-0.15, -0.1) is 0 Å². The van der Waals surface area contributed by atoms with E-state index in [1.54, 1.807) is 12.1 Å². The summed E-state index contributed by atoms with van der Waals surface area (Å²) in [6.07, 6.45) is 2.42. The Balaban J connectivity index is 2.24. The third-order valence-corrected chi connectivity index (χ3v) is 5.27. The molecule has 5 heteroatoms. The van der Waals surface area contributed by atoms with E-state index in [4.69, 9.17) is 10.7 Å². The minimum absolute atomic E-state index is 0.177. The van der Waals surface area contributed by atoms with Crippen molar-refractivity contribution in [2.45, 2.75) is 23.0 Å². The molecule has 0 aliphatic carbocycles. The van der Waals surface area contributed by atoms with Crippen molar-refractivity contribution in [2.75, 3.05) is 5.75 Å². The molecule has 1 aromatic carbocycles. The summed E-state index contributed by atoms with van der Waals surface area (Å²) in [6.45, 7) is 0. The van der Waals surface area contributed by atoms with Crippen molar-refractivity contribution < 1.29 is 8.42 Å². The van der Waals surface area contributed by atoms with Gasteiger partial charge in [-0.2, -0.15) is 11.8 Å². The Hall–Kier alpha value is -0.190. The third-order valence-electron chi connectivity index (χ3n) is 2.46. The molecule has 0 N–H and O–H groups in total. The molecule has 0 radical (unpaired) electrons. The Labute approximate surface area is 98.4 Å². The van der Waals surface area contributed by atoms with Gasteiger partial charge in [-0.25, -0.2) is 8.42 Å². The van der Waals surface area contributed by atoms with Crippen LogP contribution in [0.3, 0.4) is 0 Å². The normalized spacial score (nSPS) is 21.8. The first-order valence-corrected chi connectivity index (χ1v) is 8.09. The molecule has 1 heterocycles. The van der Waals surface area contributed by atoms with E-state index in [0.717, 1.165) is 0 Å². The number of hydrogen-bond acceptors (Lipinski definition) is 3. The molecule has 0 spiro atoms. The van der Waals surface area contributed by atoms with Crippen LogP contribution in [0.2, 0.25) is 0 Å². The van der Waals surface area contributed by atoms with Crippen LogP contribution in [0.25, 0.3) is 0 Å². The number of hydrogen-bond donors (Lipinski definition) is 0. The summed E-state index contributed by atoms with van der Waals surface area (Å²) in [7, 11) is 1.66. The van der Waals surface area contributed by atoms with Gasteiger partial charge in [0, 0.05) is 15.9 Å². The lowest BCUT2D eigenvalue weighted by molar-refractivity contribution is 0.609. The molecular formula is C10H11ClO2S2. The maximum atomic E-state index is 11.0. The molecular weight excluding hydrogens is 252 g/mol. The van der Waals surface area contributed by atoms with Crippen LogP contribution in [-0.4, -0.2) is 14.2 Å². The van der Waals surface area contributed by atoms with E-state index in [-0.39, 0.29) is 4.90 Å². The lowest BCUT2D eigenvalue weighted by atomic mass is 10.1. The second-order valence-corrected chi connectivity index (χ2v) is 7.39. The molecule has 1 atom stereocenters. The van der Waals surface area contributed by atoms with Gasteiger partial charge in [0.25, 0.3) is 9.05 Å². The Bertz CT molecular complexity index is 433. The monoisotopic (exact) mass is 262 g/mol. The van der Waals surface area contributed by atoms with Gasteiger partial charge in [0.05, 0.1) is 4.90 Å². The van der Waals surface area contributed by atoms with Gasteiger partial charge < -0.3 is 0 Å². The molecule has 0 aromatic heterocycles. The zero-order valence-corrected chi connectivity index (χ0v) is 10.4. The van der Waals surface area contributed by atoms with Crippen LogP contribution in [0.15, 0.2) is 29.2 Å². The topological polar surface area (TPSA) is 34.1 Å². The number of halogens is 1. The van der Waals surface area contributed by atoms with Crippen LogP contribution in [0, 0.1) is 0 Å². The first-order valence-electron chi connectivity index (χ1n) is 4.73. The van der Waals surface area contributed by atoms with Gasteiger partial charge in [0.2, 0.25) is 0 Å². The van der Waals surface area contributed by atoms with Gasteiger partial charge in [-0.3, -0.25) is 0 Å². The summed E-state index contributed by atoms with van der Waals surface area (Å²) >= 11 is 1.93. The van der Waals surface area contributed by atoms with Crippen LogP contribution in [0.5, 0.6) is 0 Å². The summed E-state index contributed by atoms with van der Waals surface area (Å²) in [6, 6.07) is 6.88. The molecule has 1 saturated heterocycles. The third kappa shape index (κ3) is 2.68. The van der Waals surface area contributed by atoms with E-state index >= 15 is 0 Å². The van der Waals surface area contributed by atoms with Crippen LogP contribution >= 0.6 is 22.4 Å². The van der Waals surface area contributed by atoms with Crippen molar-refractivity contribution in [3.63, 3.8) is 0 Å². The van der Waals surface area contributed by atoms with E-state index in [2.05, 4.69) is 0 Å². The molecule has 1 fully saturated rings. The summed E-state index contributed by atoms with van der Waals surface area (Å²) in [5.74, 6) is 1.19. The predicted molar refractivity (Wildman–Crippen MR) is 63.9 cm³/mol. The van der Waals surface area contributed by atoms with Gasteiger partial charge in [0.15, 0.2) is 0 Å². The SMILES string of the molecule is O=S(=O)(Cl)c1ccc(C2CCCS2)cc1. The van der Waals surface area contributed by atoms with Crippen LogP contribution in [0.4, 0.5) is 0 Å². The van der Waals surface area contributed by atoms with Gasteiger partial charge in [0.1, 0.15) is 0 Å². The van der Waals surface area contributed by atoms with Gasteiger partial charge in [-0.1, -0.05) is 12.1 Å². The molecule has 0 amide bonds. The van der Waals surface area contributed by atoms with Crippen molar-refractivity contribution in [3.8, 4) is 0 Å². The average Bonchev–Trinajstić information content (AvgIpc) is 2.69. The first-order chi connectivity index (χ1) is 7.07. The summed E-state index contributed by atoms with van der Waals surface area (Å²) in [5, 5.41) is 0.525. The Morgan fingerprint density at radius 3 is 2.40 bits per heavy atom. The highest BCUT2D eigenvalue weighted by Crippen LogP contribution is 2.39. The van der Waals surface area contributed by atoms with E-state index in [9.17, 15) is 8.42 Å². The molecule has 1 aliphatic rings. The van der Waals surface area contributed by atoms with E-state index < -0.39 is 9.05 Å². The number of rotatable bonds is 2. The Kier molecular flexibility index (Phi) is 3.28. The molecule has 1 aromatic rings. The largest absolute Gasteiger partial charge is 0.261 e. The maximum Gasteiger partial charge on any atom is 0.261 e. The van der Waals surface area contributed by atoms with Crippen LogP contribution in [-0.2, 0) is 9.05 Å². The summed E-state index contributed by atoms with van der Waals surface area (Å²) < 4.78 is 22.1. The van der Waals surface area contributed by atoms with Gasteiger partial charge in [-0.05, 0) is 36.3 Å². The minimum Gasteiger partial charge on any atom is -0.207 e. The van der Waals surface area contributed by atoms with E-state index in [1.807, 2.05) is 23.9 Å². The van der Waals surface area contributed by atoms with Crippen molar-refractivity contribution in [2.24, 2.45) is 0 Å². The lowest BCUT2D eigenvalue weighted by Crippen LogP contribution is -1.93. The van der Waals surface area contributed by atoms with Crippen molar-refractivity contribution >= 4 is 31.5 Å². The number of thioether (sulfide) groups is 1. The molecule has 1 unspecified atom stereocenters. The fourth-order valence-corrected chi connectivity index (χ4v) is 3.76. The highest BCUT2D eigenvalue weighted by atomic mass is 35.7. The standard InChI is InChI=1S/C10H11ClO2S2/c11-15(12,13)9-5-3-8(4-6-9)10-2-1-7-14-10/h3-6,10H,1-2,7H2. The Morgan fingerprint density at radius 1 is 1.27 bits per heavy atom. The fourth-order valence-electron chi connectivity index (χ4n) is 1.69. The van der Waals surface area contributed by atoms with Crippen molar-refractivity contribution in [3.05, 3.63) is 29.8 Å². The molecule has 1 aliphatic heterocycles. The molecule has 2 rings (SSSR count). The van der Waals surface area contributed by atoms with Crippen molar-refractivity contribution in [1.29, 1.82) is 0 Å². The predicted octanol–water partition coefficient (Wildman–Crippen LogP) is 3.18. The fraction of sp³-hybridized carbons (Fsp3) is 0.400. The van der Waals surface area contributed by atoms with Crippen molar-refractivity contribution in [1.82, 2.24) is 0 Å². The first kappa shape index (κ1) is 11.3. The molecule has 2 nitrogen and oxygen atoms in total. The highest BCUT2D eigenvalue weighted by Gasteiger charge is 2.18. The van der Waals surface area contributed by atoms with E-state index in [1.165, 1.54) is 24.2 Å². The zero-order valence-electron chi connectivity index (χ0n) is 8.02. The Morgan fingerprint density at radius 2 is 1.93 bits per heavy atom. The molecule has 0 bridgehead atoms. The summed E-state index contributed by atoms with van der Waals surface area (Å²) in [5.41, 5.74) is 1.20. The zero-order chi connectivity index (χ0) is 10.9. The second kappa shape index (κ2) is 4.36. The molecule has 82 valence electrons. The highest BCUT2D eigenvalue weighted by molar-refractivity contribution is 8.13. The lowest BCUT2D eigenvalue weighted by Gasteiger charge is -2.08. The quantitative estimate of drug-likeness (QED) is 0.768. The second-order valence-electron chi connectivity index (χ2n) is 3.51. The van der Waals surface area contributed by atoms with Crippen LogP contribution in [0.1, 0.15) is 23.7 Å². The van der Waals surface area contributed by atoms with Gasteiger partial charge >= 0.3 is 0 Å². The molecule has 15 heavy (non-hydrogen) atoms. The summed E-state index contributed by atoms with van der Waals surface area (Å²) in [4.78, 5) is 0.177. The van der Waals surface area contributed by atoms with E-state index in [0.29, 0.717) is 5.25 Å². The molecule has 0 saturated carbocycles.